The van der Waals surface area contributed by atoms with Gasteiger partial charge >= 0.3 is 5.97 Å². The quantitative estimate of drug-likeness (QED) is 0.124. The molecular formula is C32H39ClN4O7. The van der Waals surface area contributed by atoms with Crippen molar-refractivity contribution in [2.24, 2.45) is 29.4 Å². The van der Waals surface area contributed by atoms with Gasteiger partial charge in [0.1, 0.15) is 0 Å². The molecule has 1 saturated heterocycles. The maximum atomic E-state index is 12.3. The summed E-state index contributed by atoms with van der Waals surface area (Å²) in [7, 11) is 0. The number of amides is 1. The molecule has 1 aliphatic heterocycles. The van der Waals surface area contributed by atoms with Gasteiger partial charge in [0.15, 0.2) is 0 Å². The third-order valence-electron chi connectivity index (χ3n) is 8.99. The first-order chi connectivity index (χ1) is 20.9. The zero-order valence-electron chi connectivity index (χ0n) is 25.2. The molecule has 0 bridgehead atoms. The van der Waals surface area contributed by atoms with Crippen LogP contribution in [0.4, 0.5) is 11.4 Å². The molecule has 44 heavy (non-hydrogen) atoms. The number of fused-ring (bicyclic) bond motifs is 1. The number of halogens is 1. The van der Waals surface area contributed by atoms with E-state index in [4.69, 9.17) is 22.1 Å². The molecule has 2 aromatic rings. The lowest BCUT2D eigenvalue weighted by molar-refractivity contribution is -0.385. The zero-order valence-corrected chi connectivity index (χ0v) is 25.9. The van der Waals surface area contributed by atoms with Gasteiger partial charge in [-0.1, -0.05) is 50.3 Å². The van der Waals surface area contributed by atoms with Gasteiger partial charge in [-0.05, 0) is 29.9 Å². The number of carbonyl (C=O) groups excluding carboxylic acids is 2. The lowest BCUT2D eigenvalue weighted by atomic mass is 9.92. The SMILES string of the molecule is C=CCN.C=CCN1CC2C(C1=O)C2(C)c1cccc([N+](=O)[O-])c1.CCOC(=O)C1C(CCl)C1(C)c1cccc([N+](=O)[O-])c1. The number of likely N-dealkylation sites (tertiary alicyclic amines) is 1. The Morgan fingerprint density at radius 2 is 1.59 bits per heavy atom. The van der Waals surface area contributed by atoms with Crippen LogP contribution < -0.4 is 5.73 Å². The van der Waals surface area contributed by atoms with Gasteiger partial charge in [-0.15, -0.1) is 24.8 Å². The smallest absolute Gasteiger partial charge is 0.310 e. The number of nitro benzene ring substituents is 2. The van der Waals surface area contributed by atoms with Gasteiger partial charge in [-0.3, -0.25) is 29.8 Å². The summed E-state index contributed by atoms with van der Waals surface area (Å²) in [6.45, 7) is 14.9. The Morgan fingerprint density at radius 1 is 1.07 bits per heavy atom. The van der Waals surface area contributed by atoms with Crippen LogP contribution in [0.2, 0.25) is 0 Å². The summed E-state index contributed by atoms with van der Waals surface area (Å²) in [6, 6.07) is 13.0. The average Bonchev–Trinajstić information content (AvgIpc) is 3.79. The predicted octanol–water partition coefficient (Wildman–Crippen LogP) is 5.16. The third kappa shape index (κ3) is 6.53. The Morgan fingerprint density at radius 3 is 1.98 bits per heavy atom. The van der Waals surface area contributed by atoms with E-state index in [0.29, 0.717) is 32.1 Å². The predicted molar refractivity (Wildman–Crippen MR) is 168 cm³/mol. The molecule has 5 rings (SSSR count). The number of alkyl halides is 1. The largest absolute Gasteiger partial charge is 0.466 e. The molecule has 0 spiro atoms. The van der Waals surface area contributed by atoms with Crippen LogP contribution in [0.1, 0.15) is 31.9 Å². The van der Waals surface area contributed by atoms with Crippen LogP contribution in [0.5, 0.6) is 0 Å². The number of hydrogen-bond acceptors (Lipinski definition) is 8. The summed E-state index contributed by atoms with van der Waals surface area (Å²) < 4.78 is 5.06. The number of non-ortho nitro benzene ring substituents is 2. The van der Waals surface area contributed by atoms with E-state index < -0.39 is 15.3 Å². The van der Waals surface area contributed by atoms with Crippen molar-refractivity contribution in [2.45, 2.75) is 31.6 Å². The van der Waals surface area contributed by atoms with Crippen molar-refractivity contribution in [3.63, 3.8) is 0 Å². The highest BCUT2D eigenvalue weighted by atomic mass is 35.5. The van der Waals surface area contributed by atoms with E-state index in [1.54, 1.807) is 48.2 Å². The number of benzene rings is 2. The molecule has 2 aromatic carbocycles. The van der Waals surface area contributed by atoms with E-state index in [1.165, 1.54) is 18.2 Å². The number of ether oxygens (including phenoxy) is 1. The number of nitrogens with two attached hydrogens (primary N) is 1. The van der Waals surface area contributed by atoms with Crippen molar-refractivity contribution < 1.29 is 24.2 Å². The lowest BCUT2D eigenvalue weighted by Crippen LogP contribution is -2.33. The summed E-state index contributed by atoms with van der Waals surface area (Å²) in [5.74, 6) is 0.0208. The van der Waals surface area contributed by atoms with Gasteiger partial charge in [0, 0.05) is 60.6 Å². The molecule has 0 aromatic heterocycles. The minimum absolute atomic E-state index is 0.0200. The molecule has 1 amide bonds. The average molecular weight is 627 g/mol. The molecule has 0 radical (unpaired) electrons. The molecule has 236 valence electrons. The maximum absolute atomic E-state index is 12.3. The molecule has 6 unspecified atom stereocenters. The van der Waals surface area contributed by atoms with Crippen molar-refractivity contribution in [2.75, 3.05) is 32.1 Å². The summed E-state index contributed by atoms with van der Waals surface area (Å²) >= 11 is 5.93. The van der Waals surface area contributed by atoms with E-state index in [1.807, 2.05) is 19.9 Å². The Hall–Kier alpha value is -4.09. The number of rotatable bonds is 10. The van der Waals surface area contributed by atoms with E-state index >= 15 is 0 Å². The minimum Gasteiger partial charge on any atom is -0.466 e. The first-order valence-electron chi connectivity index (χ1n) is 14.3. The zero-order chi connectivity index (χ0) is 32.8. The van der Waals surface area contributed by atoms with Crippen LogP contribution in [0.25, 0.3) is 0 Å². The molecule has 3 aliphatic rings. The van der Waals surface area contributed by atoms with Crippen LogP contribution in [0, 0.1) is 43.9 Å². The monoisotopic (exact) mass is 626 g/mol. The Balaban J connectivity index is 0.000000215. The first-order valence-corrected chi connectivity index (χ1v) is 14.8. The Bertz CT molecular complexity index is 1430. The standard InChI is InChI=1S/C15H16N2O3.C14H16ClNO4.C3H7N/c1-3-7-16-9-12-13(14(16)18)15(12,2)10-5-4-6-11(8-10)17(19)20;1-3-20-13(17)12-11(8-15)14(12,2)9-5-4-6-10(7-9)16(18)19;1-2-3-4/h3-6,8,12-13H,1,7,9H2,2H3;4-7,11-12H,3,8H2,1-2H3;2H,1,3-4H2. The summed E-state index contributed by atoms with van der Waals surface area (Å²) in [5, 5.41) is 21.7. The van der Waals surface area contributed by atoms with Gasteiger partial charge in [0.05, 0.1) is 28.3 Å². The fourth-order valence-electron chi connectivity index (χ4n) is 6.36. The summed E-state index contributed by atoms with van der Waals surface area (Å²) in [5.41, 5.74) is 5.94. The first kappa shape index (κ1) is 34.4. The number of esters is 1. The number of piperidine rings is 1. The maximum Gasteiger partial charge on any atom is 0.310 e. The molecule has 12 heteroatoms. The van der Waals surface area contributed by atoms with E-state index in [-0.39, 0.29) is 52.3 Å². The van der Waals surface area contributed by atoms with Crippen LogP contribution in [-0.2, 0) is 25.2 Å². The van der Waals surface area contributed by atoms with Crippen molar-refractivity contribution >= 4 is 34.9 Å². The van der Waals surface area contributed by atoms with Gasteiger partial charge in [-0.2, -0.15) is 0 Å². The summed E-state index contributed by atoms with van der Waals surface area (Å²) in [6.07, 6.45) is 3.38. The van der Waals surface area contributed by atoms with Gasteiger partial charge in [-0.25, -0.2) is 0 Å². The molecule has 2 N–H and O–H groups in total. The molecule has 3 fully saturated rings. The molecule has 11 nitrogen and oxygen atoms in total. The van der Waals surface area contributed by atoms with Crippen molar-refractivity contribution in [3.05, 3.63) is 105 Å². The minimum atomic E-state index is -0.486. The molecule has 2 aliphatic carbocycles. The second kappa shape index (κ2) is 14.1. The number of hydrogen-bond donors (Lipinski definition) is 1. The number of carbonyl (C=O) groups is 2. The van der Waals surface area contributed by atoms with E-state index in [0.717, 1.165) is 11.1 Å². The topological polar surface area (TPSA) is 159 Å². The summed E-state index contributed by atoms with van der Waals surface area (Å²) in [4.78, 5) is 47.0. The van der Waals surface area contributed by atoms with Crippen molar-refractivity contribution in [1.82, 2.24) is 4.90 Å². The number of nitro groups is 2. The van der Waals surface area contributed by atoms with E-state index in [9.17, 15) is 29.8 Å². The molecular weight excluding hydrogens is 588 g/mol. The van der Waals surface area contributed by atoms with Crippen LogP contribution in [-0.4, -0.2) is 58.7 Å². The lowest BCUT2D eigenvalue weighted by Gasteiger charge is -2.23. The second-order valence-corrected chi connectivity index (χ2v) is 11.6. The normalized spacial score (nSPS) is 27.4. The van der Waals surface area contributed by atoms with Gasteiger partial charge < -0.3 is 15.4 Å². The van der Waals surface area contributed by atoms with Crippen LogP contribution >= 0.6 is 11.6 Å². The fourth-order valence-corrected chi connectivity index (χ4v) is 6.86. The Kier molecular flexibility index (Phi) is 11.0. The Labute approximate surface area is 262 Å². The third-order valence-corrected chi connectivity index (χ3v) is 9.33. The van der Waals surface area contributed by atoms with Crippen molar-refractivity contribution in [3.8, 4) is 0 Å². The van der Waals surface area contributed by atoms with Gasteiger partial charge in [0.2, 0.25) is 5.91 Å². The highest BCUT2D eigenvalue weighted by Gasteiger charge is 2.70. The molecule has 6 atom stereocenters. The van der Waals surface area contributed by atoms with Gasteiger partial charge in [0.25, 0.3) is 11.4 Å². The number of nitrogens with zero attached hydrogens (tertiary/aromatic N) is 3. The molecule has 1 heterocycles. The van der Waals surface area contributed by atoms with E-state index in [2.05, 4.69) is 13.2 Å². The molecule has 2 saturated carbocycles. The van der Waals surface area contributed by atoms with Crippen LogP contribution in [0.3, 0.4) is 0 Å². The highest BCUT2D eigenvalue weighted by Crippen LogP contribution is 2.64. The van der Waals surface area contributed by atoms with Crippen molar-refractivity contribution in [1.29, 1.82) is 0 Å². The highest BCUT2D eigenvalue weighted by molar-refractivity contribution is 6.18. The second-order valence-electron chi connectivity index (χ2n) is 11.3. The van der Waals surface area contributed by atoms with Crippen LogP contribution in [0.15, 0.2) is 73.8 Å². The fraction of sp³-hybridized carbons (Fsp3) is 0.438.